The number of pyridine rings is 2. The van der Waals surface area contributed by atoms with Crippen molar-refractivity contribution in [1.82, 2.24) is 19.9 Å². The van der Waals surface area contributed by atoms with E-state index in [0.29, 0.717) is 18.3 Å². The molecule has 0 aliphatic carbocycles. The minimum absolute atomic E-state index is 0. The fraction of sp³-hybridized carbons (Fsp3) is 0.333. The number of rotatable bonds is 8. The Kier molecular flexibility index (Phi) is 8.25. The van der Waals surface area contributed by atoms with Crippen LogP contribution in [0.3, 0.4) is 0 Å². The predicted octanol–water partition coefficient (Wildman–Crippen LogP) is 6.34. The molecule has 0 amide bonds. The van der Waals surface area contributed by atoms with Crippen LogP contribution in [0.5, 0.6) is 0 Å². The molecule has 0 bridgehead atoms. The zero-order chi connectivity index (χ0) is 21.8. The first kappa shape index (κ1) is 24.2. The van der Waals surface area contributed by atoms with E-state index >= 15 is 0 Å². The molecular weight excluding hydrogens is 575 g/mol. The van der Waals surface area contributed by atoms with E-state index in [9.17, 15) is 0 Å². The Morgan fingerprint density at radius 2 is 1.09 bits per heavy atom. The zero-order valence-electron chi connectivity index (χ0n) is 19.2. The molecule has 32 heavy (non-hydrogen) atoms. The molecule has 0 aromatic carbocycles. The fourth-order valence-electron chi connectivity index (χ4n) is 3.64. The summed E-state index contributed by atoms with van der Waals surface area (Å²) in [6.45, 7) is 8.80. The van der Waals surface area contributed by atoms with Gasteiger partial charge in [-0.2, -0.15) is 11.4 Å². The van der Waals surface area contributed by atoms with Crippen molar-refractivity contribution in [2.24, 2.45) is 0 Å². The molecule has 5 heteroatoms. The van der Waals surface area contributed by atoms with E-state index in [1.807, 2.05) is 12.1 Å². The Labute approximate surface area is 205 Å². The first-order valence-corrected chi connectivity index (χ1v) is 11.3. The van der Waals surface area contributed by atoms with E-state index in [1.54, 1.807) is 0 Å². The predicted molar refractivity (Wildman–Crippen MR) is 126 cm³/mol. The molecule has 0 saturated heterocycles. The molecule has 0 saturated carbocycles. The Bertz CT molecular complexity index is 1050. The first-order valence-electron chi connectivity index (χ1n) is 11.3. The van der Waals surface area contributed by atoms with Gasteiger partial charge in [0, 0.05) is 29.2 Å². The van der Waals surface area contributed by atoms with Crippen LogP contribution in [0.15, 0.2) is 60.7 Å². The maximum atomic E-state index is 4.86. The van der Waals surface area contributed by atoms with Crippen LogP contribution in [0.1, 0.15) is 75.1 Å². The van der Waals surface area contributed by atoms with Crippen LogP contribution < -0.4 is 9.97 Å². The van der Waals surface area contributed by atoms with Crippen LogP contribution in [0.25, 0.3) is 22.8 Å². The van der Waals surface area contributed by atoms with Gasteiger partial charge in [-0.3, -0.25) is 9.97 Å². The Morgan fingerprint density at radius 1 is 0.656 bits per heavy atom. The van der Waals surface area contributed by atoms with Gasteiger partial charge in [-0.1, -0.05) is 76.9 Å². The van der Waals surface area contributed by atoms with Gasteiger partial charge in [-0.05, 0) is 36.1 Å². The summed E-state index contributed by atoms with van der Waals surface area (Å²) in [5.41, 5.74) is 7.97. The van der Waals surface area contributed by atoms with E-state index in [-0.39, 0.29) is 21.1 Å². The van der Waals surface area contributed by atoms with Crippen molar-refractivity contribution in [2.45, 2.75) is 58.8 Å². The van der Waals surface area contributed by atoms with Gasteiger partial charge in [-0.25, -0.2) is 0 Å². The molecule has 4 nitrogen and oxygen atoms in total. The number of hydrogen-bond acceptors (Lipinski definition) is 2. The zero-order valence-corrected chi connectivity index (χ0v) is 21.4. The van der Waals surface area contributed by atoms with Crippen molar-refractivity contribution >= 4 is 0 Å². The van der Waals surface area contributed by atoms with Gasteiger partial charge in [-0.15, -0.1) is 11.4 Å². The molecule has 2 unspecified atom stereocenters. The van der Waals surface area contributed by atoms with E-state index in [0.717, 1.165) is 58.4 Å². The first-order chi connectivity index (χ1) is 15.1. The third-order valence-electron chi connectivity index (χ3n) is 6.06. The van der Waals surface area contributed by atoms with Crippen molar-refractivity contribution in [1.29, 1.82) is 0 Å². The molecule has 168 valence electrons. The van der Waals surface area contributed by atoms with Gasteiger partial charge >= 0.3 is 21.1 Å². The molecule has 0 fully saturated rings. The Morgan fingerprint density at radius 3 is 1.50 bits per heavy atom. The number of hydrogen-bond donors (Lipinski definition) is 0. The van der Waals surface area contributed by atoms with Crippen molar-refractivity contribution in [3.05, 3.63) is 83.4 Å². The summed E-state index contributed by atoms with van der Waals surface area (Å²) in [7, 11) is 0. The van der Waals surface area contributed by atoms with E-state index in [1.165, 1.54) is 0 Å². The molecule has 4 aromatic rings. The molecule has 4 rings (SSSR count). The Hall–Kier alpha value is -2.45. The SMILES string of the molecule is CCC(C)c1ccc(-c2cccc(Cc3cccc(-c4ccc(C(C)CC)[n-]4)n3)n2)[n-]1.[Pt+2]. The molecule has 2 atom stereocenters. The quantitative estimate of drug-likeness (QED) is 0.235. The third kappa shape index (κ3) is 5.48. The average molecular weight is 606 g/mol. The molecule has 4 aromatic heterocycles. The van der Waals surface area contributed by atoms with Gasteiger partial charge < -0.3 is 9.97 Å². The largest absolute Gasteiger partial charge is 2.00 e. The monoisotopic (exact) mass is 605 g/mol. The second kappa shape index (κ2) is 10.9. The van der Waals surface area contributed by atoms with Crippen LogP contribution in [-0.2, 0) is 27.5 Å². The third-order valence-corrected chi connectivity index (χ3v) is 6.06. The van der Waals surface area contributed by atoms with E-state index < -0.39 is 0 Å². The summed E-state index contributed by atoms with van der Waals surface area (Å²) in [6, 6.07) is 20.6. The van der Waals surface area contributed by atoms with E-state index in [4.69, 9.17) is 19.9 Å². The van der Waals surface area contributed by atoms with Gasteiger partial charge in [0.1, 0.15) is 0 Å². The standard InChI is InChI=1S/C27H30N4.Pt/c1-5-18(3)22-13-15-26(30-22)24-11-7-9-20(28-24)17-21-10-8-12-25(29-21)27-16-14-23(31-27)19(4)6-2;/h7-16,18-19H,5-6,17H2,1-4H3;/q-2;+2. The maximum Gasteiger partial charge on any atom is 2.00 e. The summed E-state index contributed by atoms with van der Waals surface area (Å²) < 4.78 is 0. The minimum atomic E-state index is 0. The topological polar surface area (TPSA) is 54.0 Å². The average Bonchev–Trinajstić information content (AvgIpc) is 3.49. The summed E-state index contributed by atoms with van der Waals surface area (Å²) in [5, 5.41) is 0. The second-order valence-corrected chi connectivity index (χ2v) is 8.33. The van der Waals surface area contributed by atoms with Gasteiger partial charge in [0.25, 0.3) is 0 Å². The van der Waals surface area contributed by atoms with Crippen LogP contribution >= 0.6 is 0 Å². The molecular formula is C27H30N4Pt. The van der Waals surface area contributed by atoms with Crippen LogP contribution in [-0.4, -0.2) is 9.97 Å². The fourth-order valence-corrected chi connectivity index (χ4v) is 3.64. The molecule has 4 heterocycles. The van der Waals surface area contributed by atoms with Gasteiger partial charge in [0.15, 0.2) is 0 Å². The normalized spacial score (nSPS) is 12.9. The Balaban J connectivity index is 0.00000289. The van der Waals surface area contributed by atoms with Crippen LogP contribution in [0, 0.1) is 0 Å². The van der Waals surface area contributed by atoms with Gasteiger partial charge in [0.05, 0.1) is 0 Å². The van der Waals surface area contributed by atoms with Crippen LogP contribution in [0.4, 0.5) is 0 Å². The molecule has 0 spiro atoms. The molecule has 0 radical (unpaired) electrons. The maximum absolute atomic E-state index is 4.86. The van der Waals surface area contributed by atoms with Crippen molar-refractivity contribution in [3.8, 4) is 22.8 Å². The molecule has 0 aliphatic rings. The van der Waals surface area contributed by atoms with Crippen molar-refractivity contribution in [2.75, 3.05) is 0 Å². The summed E-state index contributed by atoms with van der Waals surface area (Å²) in [4.78, 5) is 19.3. The van der Waals surface area contributed by atoms with Crippen molar-refractivity contribution in [3.63, 3.8) is 0 Å². The van der Waals surface area contributed by atoms with Crippen LogP contribution in [0.2, 0.25) is 0 Å². The summed E-state index contributed by atoms with van der Waals surface area (Å²) in [5.74, 6) is 0.934. The summed E-state index contributed by atoms with van der Waals surface area (Å²) >= 11 is 0. The van der Waals surface area contributed by atoms with Gasteiger partial charge in [0.2, 0.25) is 0 Å². The smallest absolute Gasteiger partial charge is 0.659 e. The number of nitrogens with zero attached hydrogens (tertiary/aromatic N) is 4. The summed E-state index contributed by atoms with van der Waals surface area (Å²) in [6.07, 6.45) is 2.85. The van der Waals surface area contributed by atoms with Crippen molar-refractivity contribution < 1.29 is 21.1 Å². The molecule has 0 aliphatic heterocycles. The minimum Gasteiger partial charge on any atom is -0.659 e. The molecule has 0 N–H and O–H groups in total. The van der Waals surface area contributed by atoms with E-state index in [2.05, 4.69) is 76.2 Å². The number of aromatic nitrogens is 4. The second-order valence-electron chi connectivity index (χ2n) is 8.33.